The van der Waals surface area contributed by atoms with Crippen LogP contribution in [0.15, 0.2) is 66.8 Å². The Hall–Kier alpha value is -3.72. The maximum Gasteiger partial charge on any atom is 0.137 e. The minimum Gasteiger partial charge on any atom is -0.360 e. The van der Waals surface area contributed by atoms with E-state index in [4.69, 9.17) is 5.41 Å². The molecule has 0 amide bonds. The van der Waals surface area contributed by atoms with Gasteiger partial charge in [0.1, 0.15) is 17.5 Å². The smallest absolute Gasteiger partial charge is 0.137 e. The molecule has 32 heavy (non-hydrogen) atoms. The van der Waals surface area contributed by atoms with Crippen molar-refractivity contribution in [3.05, 3.63) is 89.7 Å². The number of dihydropyridines is 1. The lowest BCUT2D eigenvalue weighted by atomic mass is 10.0. The maximum absolute atomic E-state index is 14.4. The number of pyridine rings is 1. The normalized spacial score (nSPS) is 14.6. The molecule has 6 nitrogen and oxygen atoms in total. The highest BCUT2D eigenvalue weighted by Crippen LogP contribution is 2.30. The Labute approximate surface area is 188 Å². The molecular weight excluding hydrogens is 430 g/mol. The van der Waals surface area contributed by atoms with Gasteiger partial charge >= 0.3 is 0 Å². The Kier molecular flexibility index (Phi) is 6.18. The third kappa shape index (κ3) is 4.47. The van der Waals surface area contributed by atoms with E-state index in [9.17, 15) is 8.78 Å². The summed E-state index contributed by atoms with van der Waals surface area (Å²) in [4.78, 5) is 4.58. The van der Waals surface area contributed by atoms with E-state index in [2.05, 4.69) is 20.1 Å². The Bertz CT molecular complexity index is 1280. The van der Waals surface area contributed by atoms with Crippen LogP contribution in [-0.2, 0) is 7.05 Å². The molecule has 1 aliphatic heterocycles. The Morgan fingerprint density at radius 2 is 2.03 bits per heavy atom. The number of allylic oxidation sites excluding steroid dienone is 4. The molecule has 0 saturated heterocycles. The van der Waals surface area contributed by atoms with E-state index in [-0.39, 0.29) is 5.56 Å². The molecule has 0 saturated carbocycles. The first kappa shape index (κ1) is 21.5. The summed E-state index contributed by atoms with van der Waals surface area (Å²) in [5, 5.41) is 15.4. The lowest BCUT2D eigenvalue weighted by Gasteiger charge is -2.16. The first-order chi connectivity index (χ1) is 15.5. The van der Waals surface area contributed by atoms with Crippen LogP contribution in [0, 0.1) is 17.0 Å². The van der Waals surface area contributed by atoms with Crippen molar-refractivity contribution in [3.63, 3.8) is 0 Å². The second-order valence-corrected chi connectivity index (χ2v) is 7.62. The number of hydrogen-bond donors (Lipinski definition) is 3. The predicted octanol–water partition coefficient (Wildman–Crippen LogP) is 5.01. The van der Waals surface area contributed by atoms with E-state index in [1.54, 1.807) is 23.0 Å². The highest BCUT2D eigenvalue weighted by molar-refractivity contribution is 7.99. The van der Waals surface area contributed by atoms with Crippen molar-refractivity contribution in [2.45, 2.75) is 0 Å². The van der Waals surface area contributed by atoms with Gasteiger partial charge in [0.15, 0.2) is 0 Å². The van der Waals surface area contributed by atoms with Gasteiger partial charge in [-0.15, -0.1) is 0 Å². The molecule has 0 aliphatic carbocycles. The summed E-state index contributed by atoms with van der Waals surface area (Å²) in [6.45, 7) is 0. The summed E-state index contributed by atoms with van der Waals surface area (Å²) < 4.78 is 32.6. The zero-order valence-corrected chi connectivity index (χ0v) is 18.2. The number of rotatable bonds is 6. The molecule has 0 spiro atoms. The van der Waals surface area contributed by atoms with Crippen LogP contribution in [0.3, 0.4) is 0 Å². The molecule has 0 fully saturated rings. The number of anilines is 1. The summed E-state index contributed by atoms with van der Waals surface area (Å²) in [5.41, 5.74) is 4.36. The van der Waals surface area contributed by atoms with Crippen LogP contribution in [0.2, 0.25) is 0 Å². The van der Waals surface area contributed by atoms with Crippen LogP contribution in [-0.4, -0.2) is 27.2 Å². The number of aromatic nitrogens is 3. The minimum atomic E-state index is -0.666. The van der Waals surface area contributed by atoms with E-state index in [0.29, 0.717) is 28.3 Å². The Morgan fingerprint density at radius 1 is 1.19 bits per heavy atom. The van der Waals surface area contributed by atoms with Crippen molar-refractivity contribution in [2.75, 3.05) is 11.0 Å². The van der Waals surface area contributed by atoms with Gasteiger partial charge in [-0.2, -0.15) is 5.10 Å². The third-order valence-electron chi connectivity index (χ3n) is 4.84. The quantitative estimate of drug-likeness (QED) is 0.363. The Balaban J connectivity index is 1.75. The van der Waals surface area contributed by atoms with Crippen LogP contribution < -0.4 is 10.0 Å². The fourth-order valence-electron chi connectivity index (χ4n) is 3.34. The maximum atomic E-state index is 14.4. The highest BCUT2D eigenvalue weighted by Gasteiger charge is 2.15. The Morgan fingerprint density at radius 3 is 2.66 bits per heavy atom. The molecule has 3 aromatic rings. The van der Waals surface area contributed by atoms with Crippen LogP contribution in [0.1, 0.15) is 11.3 Å². The molecule has 1 aromatic carbocycles. The molecule has 3 N–H and O–H groups in total. The van der Waals surface area contributed by atoms with Crippen molar-refractivity contribution in [2.24, 2.45) is 7.05 Å². The van der Waals surface area contributed by atoms with Crippen molar-refractivity contribution in [3.8, 4) is 11.1 Å². The molecule has 162 valence electrons. The summed E-state index contributed by atoms with van der Waals surface area (Å²) in [6.07, 6.45) is 12.3. The van der Waals surface area contributed by atoms with Crippen molar-refractivity contribution >= 4 is 35.1 Å². The molecule has 4 rings (SSSR count). The molecule has 3 heterocycles. The second-order valence-electron chi connectivity index (χ2n) is 7.01. The number of nitrogens with zero attached hydrogens (tertiary/aromatic N) is 3. The van der Waals surface area contributed by atoms with Crippen LogP contribution in [0.4, 0.5) is 14.6 Å². The van der Waals surface area contributed by atoms with Crippen molar-refractivity contribution in [1.29, 1.82) is 5.41 Å². The number of aryl methyl sites for hydroxylation is 1. The van der Waals surface area contributed by atoms with Gasteiger partial charge in [0.05, 0.1) is 11.9 Å². The molecule has 9 heteroatoms. The average molecular weight is 451 g/mol. The van der Waals surface area contributed by atoms with Crippen LogP contribution in [0.25, 0.3) is 22.3 Å². The zero-order valence-electron chi connectivity index (χ0n) is 17.4. The molecule has 0 atom stereocenters. The van der Waals surface area contributed by atoms with E-state index in [0.717, 1.165) is 17.2 Å². The number of hydrogen-bond acceptors (Lipinski definition) is 6. The molecule has 0 bridgehead atoms. The van der Waals surface area contributed by atoms with Gasteiger partial charge in [0.2, 0.25) is 0 Å². The van der Waals surface area contributed by atoms with Crippen LogP contribution >= 0.6 is 11.9 Å². The second kappa shape index (κ2) is 9.19. The fourth-order valence-corrected chi connectivity index (χ4v) is 3.65. The van der Waals surface area contributed by atoms with Crippen molar-refractivity contribution in [1.82, 2.24) is 20.1 Å². The van der Waals surface area contributed by atoms with Gasteiger partial charge in [-0.3, -0.25) is 4.68 Å². The van der Waals surface area contributed by atoms with Gasteiger partial charge in [0.25, 0.3) is 0 Å². The zero-order chi connectivity index (χ0) is 22.7. The molecule has 0 unspecified atom stereocenters. The van der Waals surface area contributed by atoms with Gasteiger partial charge in [-0.1, -0.05) is 18.0 Å². The average Bonchev–Trinajstić information content (AvgIpc) is 3.21. The van der Waals surface area contributed by atoms with E-state index >= 15 is 0 Å². The van der Waals surface area contributed by atoms with E-state index in [1.807, 2.05) is 37.9 Å². The van der Waals surface area contributed by atoms with Gasteiger partial charge in [0, 0.05) is 66.0 Å². The number of halogens is 2. The lowest BCUT2D eigenvalue weighted by molar-refractivity contribution is 0.585. The van der Waals surface area contributed by atoms with E-state index < -0.39 is 11.6 Å². The number of benzene rings is 1. The summed E-state index contributed by atoms with van der Waals surface area (Å²) in [7, 11) is 1.85. The minimum absolute atomic E-state index is 0.249. The topological polar surface area (TPSA) is 78.6 Å². The molecule has 1 aliphatic rings. The SMILES string of the molecule is CSNc1cc(-c2ccc(F)cc2F)cc(/C(C=N)=C2\C=CC(c3cnn(C)c3)=CN2)n1. The van der Waals surface area contributed by atoms with Crippen molar-refractivity contribution < 1.29 is 8.78 Å². The highest BCUT2D eigenvalue weighted by atomic mass is 32.2. The van der Waals surface area contributed by atoms with Gasteiger partial charge < -0.3 is 15.4 Å². The number of nitrogens with one attached hydrogen (secondary N) is 3. The van der Waals surface area contributed by atoms with Gasteiger partial charge in [-0.25, -0.2) is 13.8 Å². The monoisotopic (exact) mass is 450 g/mol. The standard InChI is InChI=1S/C23H20F2N6S/c1-31-13-16(12-28-31)14-3-6-21(27-11-14)19(10-26)22-7-15(8-23(29-22)30-32-2)18-5-4-17(24)9-20(18)25/h3-13,26-27H,1-2H3,(H,29,30)/b21-19+,26-10?. The first-order valence-electron chi connectivity index (χ1n) is 9.64. The third-order valence-corrected chi connectivity index (χ3v) is 5.25. The predicted molar refractivity (Wildman–Crippen MR) is 126 cm³/mol. The molecular formula is C23H20F2N6S. The largest absolute Gasteiger partial charge is 0.360 e. The van der Waals surface area contributed by atoms with Gasteiger partial charge in [-0.05, 0) is 35.9 Å². The molecule has 0 radical (unpaired) electrons. The summed E-state index contributed by atoms with van der Waals surface area (Å²) in [6, 6.07) is 6.83. The summed E-state index contributed by atoms with van der Waals surface area (Å²) in [5.74, 6) is -0.806. The summed E-state index contributed by atoms with van der Waals surface area (Å²) >= 11 is 1.34. The lowest BCUT2D eigenvalue weighted by Crippen LogP contribution is -2.11. The van der Waals surface area contributed by atoms with E-state index in [1.165, 1.54) is 30.3 Å². The fraction of sp³-hybridized carbons (Fsp3) is 0.0870. The molecule has 2 aromatic heterocycles. The van der Waals surface area contributed by atoms with Crippen LogP contribution in [0.5, 0.6) is 0 Å². The first-order valence-corrected chi connectivity index (χ1v) is 10.9.